The highest BCUT2D eigenvalue weighted by atomic mass is 16.5. The Labute approximate surface area is 152 Å². The Bertz CT molecular complexity index is 573. The topological polar surface area (TPSA) is 48.9 Å². The van der Waals surface area contributed by atoms with Gasteiger partial charge in [-0.25, -0.2) is 0 Å². The summed E-state index contributed by atoms with van der Waals surface area (Å²) < 4.78 is 5.41. The van der Waals surface area contributed by atoms with Crippen LogP contribution in [0.5, 0.6) is 5.75 Å². The maximum atomic E-state index is 5.41. The number of likely N-dealkylation sites (N-methyl/N-ethyl adjacent to an activating group) is 1. The number of hydrogen-bond acceptors (Lipinski definition) is 3. The second-order valence-corrected chi connectivity index (χ2v) is 6.25. The van der Waals surface area contributed by atoms with Gasteiger partial charge in [-0.2, -0.15) is 0 Å². The van der Waals surface area contributed by atoms with Crippen molar-refractivity contribution in [3.8, 4) is 5.75 Å². The molecule has 0 saturated heterocycles. The zero-order valence-corrected chi connectivity index (χ0v) is 16.0. The summed E-state index contributed by atoms with van der Waals surface area (Å²) in [6.45, 7) is 7.20. The van der Waals surface area contributed by atoms with Crippen molar-refractivity contribution in [2.45, 2.75) is 38.8 Å². The first-order chi connectivity index (χ1) is 12.2. The molecule has 2 N–H and O–H groups in total. The molecule has 0 bridgehead atoms. The third kappa shape index (κ3) is 5.49. The second kappa shape index (κ2) is 10.1. The van der Waals surface area contributed by atoms with Gasteiger partial charge in [0.15, 0.2) is 5.96 Å². The molecule has 1 aliphatic rings. The van der Waals surface area contributed by atoms with E-state index in [1.165, 1.54) is 5.56 Å². The first-order valence-corrected chi connectivity index (χ1v) is 9.21. The predicted octanol–water partition coefficient (Wildman–Crippen LogP) is 2.96. The Morgan fingerprint density at radius 2 is 2.00 bits per heavy atom. The average Bonchev–Trinajstić information content (AvgIpc) is 3.17. The van der Waals surface area contributed by atoms with Crippen molar-refractivity contribution in [3.63, 3.8) is 0 Å². The Morgan fingerprint density at radius 3 is 2.60 bits per heavy atom. The normalized spacial score (nSPS) is 16.3. The molecule has 0 aromatic heterocycles. The number of guanidine groups is 1. The Morgan fingerprint density at radius 1 is 1.28 bits per heavy atom. The first-order valence-electron chi connectivity index (χ1n) is 9.21. The molecule has 1 atom stereocenters. The average molecular weight is 345 g/mol. The lowest BCUT2D eigenvalue weighted by Crippen LogP contribution is -2.46. The van der Waals surface area contributed by atoms with Crippen LogP contribution in [0.1, 0.15) is 38.3 Å². The van der Waals surface area contributed by atoms with E-state index in [-0.39, 0.29) is 6.04 Å². The maximum Gasteiger partial charge on any atom is 0.191 e. The highest BCUT2D eigenvalue weighted by Crippen LogP contribution is 2.23. The van der Waals surface area contributed by atoms with Crippen LogP contribution in [0.15, 0.2) is 41.4 Å². The summed E-state index contributed by atoms with van der Waals surface area (Å²) in [6, 6.07) is 9.07. The minimum atomic E-state index is 0.269. The Balaban J connectivity index is 2.07. The lowest BCUT2D eigenvalue weighted by molar-refractivity contribution is 0.218. The van der Waals surface area contributed by atoms with Crippen molar-refractivity contribution in [1.29, 1.82) is 0 Å². The van der Waals surface area contributed by atoms with Crippen LogP contribution in [-0.2, 0) is 0 Å². The quantitative estimate of drug-likeness (QED) is 0.432. The van der Waals surface area contributed by atoms with Gasteiger partial charge in [0.1, 0.15) is 5.75 Å². The molecule has 2 rings (SSSR count). The number of nitrogens with zero attached hydrogens (tertiary/aromatic N) is 2. The highest BCUT2D eigenvalue weighted by molar-refractivity contribution is 5.80. The van der Waals surface area contributed by atoms with Crippen LogP contribution in [0.4, 0.5) is 0 Å². The van der Waals surface area contributed by atoms with Crippen molar-refractivity contribution < 1.29 is 4.74 Å². The minimum Gasteiger partial charge on any atom is -0.497 e. The molecule has 0 heterocycles. The molecular weight excluding hydrogens is 312 g/mol. The van der Waals surface area contributed by atoms with Crippen molar-refractivity contribution >= 4 is 5.96 Å². The summed E-state index contributed by atoms with van der Waals surface area (Å²) >= 11 is 0. The fraction of sp³-hybridized carbons (Fsp3) is 0.550. The van der Waals surface area contributed by atoms with Crippen LogP contribution in [0.25, 0.3) is 0 Å². The minimum absolute atomic E-state index is 0.269. The zero-order valence-electron chi connectivity index (χ0n) is 16.0. The molecule has 0 saturated carbocycles. The lowest BCUT2D eigenvalue weighted by Gasteiger charge is -2.31. The predicted molar refractivity (Wildman–Crippen MR) is 105 cm³/mol. The van der Waals surface area contributed by atoms with Gasteiger partial charge in [0.2, 0.25) is 0 Å². The Kier molecular flexibility index (Phi) is 7.79. The van der Waals surface area contributed by atoms with E-state index in [0.29, 0.717) is 6.04 Å². The summed E-state index contributed by atoms with van der Waals surface area (Å²) in [5.74, 6) is 1.77. The van der Waals surface area contributed by atoms with Gasteiger partial charge < -0.3 is 15.4 Å². The third-order valence-electron chi connectivity index (χ3n) is 4.77. The third-order valence-corrected chi connectivity index (χ3v) is 4.77. The van der Waals surface area contributed by atoms with Crippen molar-refractivity contribution in [1.82, 2.24) is 15.5 Å². The van der Waals surface area contributed by atoms with Gasteiger partial charge in [-0.05, 0) is 43.6 Å². The summed E-state index contributed by atoms with van der Waals surface area (Å²) in [7, 11) is 3.54. The lowest BCUT2D eigenvalue weighted by atomic mass is 10.0. The van der Waals surface area contributed by atoms with Gasteiger partial charge in [0, 0.05) is 19.6 Å². The van der Waals surface area contributed by atoms with Gasteiger partial charge in [-0.1, -0.05) is 38.1 Å². The number of rotatable bonds is 8. The molecule has 25 heavy (non-hydrogen) atoms. The molecule has 138 valence electrons. The molecular formula is C20H32N4O. The SMILES string of the molecule is CCN(CC)C(CNC(=NC)NC1CC=CC1)c1cccc(OC)c1. The molecule has 0 fully saturated rings. The van der Waals surface area contributed by atoms with Crippen LogP contribution in [0.3, 0.4) is 0 Å². The van der Waals surface area contributed by atoms with Crippen LogP contribution in [0.2, 0.25) is 0 Å². The van der Waals surface area contributed by atoms with E-state index in [1.807, 2.05) is 13.1 Å². The molecule has 0 amide bonds. The van der Waals surface area contributed by atoms with Crippen LogP contribution in [0, 0.1) is 0 Å². The number of benzene rings is 1. The second-order valence-electron chi connectivity index (χ2n) is 6.25. The number of aliphatic imine (C=N–C) groups is 1. The number of hydrogen-bond donors (Lipinski definition) is 2. The fourth-order valence-electron chi connectivity index (χ4n) is 3.29. The van der Waals surface area contributed by atoms with Crippen molar-refractivity contribution in [2.24, 2.45) is 4.99 Å². The number of nitrogens with one attached hydrogen (secondary N) is 2. The maximum absolute atomic E-state index is 5.41. The number of methoxy groups -OCH3 is 1. The van der Waals surface area contributed by atoms with E-state index in [9.17, 15) is 0 Å². The first kappa shape index (κ1) is 19.3. The van der Waals surface area contributed by atoms with E-state index in [0.717, 1.165) is 44.2 Å². The zero-order chi connectivity index (χ0) is 18.1. The molecule has 1 aromatic carbocycles. The van der Waals surface area contributed by atoms with Gasteiger partial charge in [0.05, 0.1) is 13.2 Å². The van der Waals surface area contributed by atoms with E-state index in [4.69, 9.17) is 4.74 Å². The molecule has 0 aliphatic heterocycles. The molecule has 1 aromatic rings. The number of ether oxygens (including phenoxy) is 1. The smallest absolute Gasteiger partial charge is 0.191 e. The Hall–Kier alpha value is -2.01. The molecule has 5 nitrogen and oxygen atoms in total. The van der Waals surface area contributed by atoms with Gasteiger partial charge >= 0.3 is 0 Å². The standard InChI is InChI=1S/C20H32N4O/c1-5-24(6-2)19(16-10-9-13-18(14-16)25-4)15-22-20(21-3)23-17-11-7-8-12-17/h7-10,13-14,17,19H,5-6,11-12,15H2,1-4H3,(H2,21,22,23). The van der Waals surface area contributed by atoms with Crippen LogP contribution >= 0.6 is 0 Å². The van der Waals surface area contributed by atoms with Gasteiger partial charge in [-0.3, -0.25) is 9.89 Å². The molecule has 0 radical (unpaired) electrons. The van der Waals surface area contributed by atoms with Gasteiger partial charge in [-0.15, -0.1) is 0 Å². The van der Waals surface area contributed by atoms with Crippen LogP contribution in [-0.4, -0.2) is 50.7 Å². The van der Waals surface area contributed by atoms with Crippen molar-refractivity contribution in [3.05, 3.63) is 42.0 Å². The summed E-state index contributed by atoms with van der Waals surface area (Å²) in [5.41, 5.74) is 1.26. The summed E-state index contributed by atoms with van der Waals surface area (Å²) in [5, 5.41) is 7.01. The molecule has 1 unspecified atom stereocenters. The van der Waals surface area contributed by atoms with Gasteiger partial charge in [0.25, 0.3) is 0 Å². The fourth-order valence-corrected chi connectivity index (χ4v) is 3.29. The summed E-state index contributed by atoms with van der Waals surface area (Å²) in [6.07, 6.45) is 6.58. The van der Waals surface area contributed by atoms with E-state index in [2.05, 4.69) is 64.7 Å². The highest BCUT2D eigenvalue weighted by Gasteiger charge is 2.20. The van der Waals surface area contributed by atoms with E-state index < -0.39 is 0 Å². The van der Waals surface area contributed by atoms with Crippen molar-refractivity contribution in [2.75, 3.05) is 33.8 Å². The van der Waals surface area contributed by atoms with Crippen LogP contribution < -0.4 is 15.4 Å². The molecule has 1 aliphatic carbocycles. The monoisotopic (exact) mass is 344 g/mol. The summed E-state index contributed by atoms with van der Waals surface area (Å²) in [4.78, 5) is 6.84. The molecule has 5 heteroatoms. The largest absolute Gasteiger partial charge is 0.497 e. The van der Waals surface area contributed by atoms with E-state index in [1.54, 1.807) is 7.11 Å². The van der Waals surface area contributed by atoms with E-state index >= 15 is 0 Å². The molecule has 0 spiro atoms.